The number of para-hydroxylation sites is 1. The molecule has 2 bridgehead atoms. The van der Waals surface area contributed by atoms with Crippen LogP contribution in [0.4, 0.5) is 0 Å². The van der Waals surface area contributed by atoms with Gasteiger partial charge in [0.1, 0.15) is 12.3 Å². The van der Waals surface area contributed by atoms with Crippen LogP contribution < -0.4 is 5.32 Å². The molecule has 168 valence electrons. The topological polar surface area (TPSA) is 93.3 Å². The second kappa shape index (κ2) is 8.41. The van der Waals surface area contributed by atoms with E-state index in [1.165, 1.54) is 0 Å². The monoisotopic (exact) mass is 435 g/mol. The van der Waals surface area contributed by atoms with Crippen molar-refractivity contribution in [3.8, 4) is 0 Å². The molecule has 8 nitrogen and oxygen atoms in total. The van der Waals surface area contributed by atoms with E-state index in [1.807, 2.05) is 29.2 Å². The van der Waals surface area contributed by atoms with Crippen molar-refractivity contribution in [2.45, 2.75) is 45.7 Å². The number of fused-ring (bicyclic) bond motifs is 3. The summed E-state index contributed by atoms with van der Waals surface area (Å²) in [5.41, 5.74) is 1.31. The summed E-state index contributed by atoms with van der Waals surface area (Å²) in [5, 5.41) is 12.6. The van der Waals surface area contributed by atoms with E-state index in [0.29, 0.717) is 24.7 Å². The first kappa shape index (κ1) is 20.7. The van der Waals surface area contributed by atoms with Gasteiger partial charge in [0.05, 0.1) is 11.7 Å². The van der Waals surface area contributed by atoms with Gasteiger partial charge in [-0.2, -0.15) is 5.10 Å². The van der Waals surface area contributed by atoms with Gasteiger partial charge in [0, 0.05) is 37.0 Å². The van der Waals surface area contributed by atoms with E-state index < -0.39 is 0 Å². The normalized spacial score (nSPS) is 22.6. The predicted octanol–water partition coefficient (Wildman–Crippen LogP) is 2.89. The van der Waals surface area contributed by atoms with Crippen LogP contribution >= 0.6 is 0 Å². The number of piperidine rings is 1. The number of hydrogen-bond donors (Lipinski definition) is 1. The number of benzene rings is 1. The molecule has 3 heterocycles. The number of aromatic nitrogens is 3. The molecular formula is C24H29N5O3. The molecule has 32 heavy (non-hydrogen) atoms. The highest BCUT2D eigenvalue weighted by Crippen LogP contribution is 2.37. The highest BCUT2D eigenvalue weighted by Gasteiger charge is 2.44. The fourth-order valence-electron chi connectivity index (χ4n) is 5.19. The minimum Gasteiger partial charge on any atom is -0.361 e. The van der Waals surface area contributed by atoms with Gasteiger partial charge in [-0.15, -0.1) is 0 Å². The second-order valence-electron chi connectivity index (χ2n) is 9.53. The summed E-state index contributed by atoms with van der Waals surface area (Å²) in [7, 11) is 0. The fraction of sp³-hybridized carbons (Fsp3) is 0.500. The largest absolute Gasteiger partial charge is 0.361 e. The van der Waals surface area contributed by atoms with Gasteiger partial charge < -0.3 is 14.7 Å². The molecule has 0 radical (unpaired) electrons. The molecule has 1 saturated carbocycles. The van der Waals surface area contributed by atoms with Gasteiger partial charge in [-0.1, -0.05) is 37.2 Å². The van der Waals surface area contributed by atoms with Crippen molar-refractivity contribution >= 4 is 22.7 Å². The molecule has 2 aliphatic rings. The lowest BCUT2D eigenvalue weighted by Crippen LogP contribution is -2.54. The molecular weight excluding hydrogens is 406 g/mol. The van der Waals surface area contributed by atoms with Gasteiger partial charge in [-0.25, -0.2) is 0 Å². The molecule has 1 N–H and O–H groups in total. The molecule has 1 aromatic carbocycles. The zero-order valence-corrected chi connectivity index (χ0v) is 18.5. The average Bonchev–Trinajstić information content (AvgIpc) is 3.44. The van der Waals surface area contributed by atoms with E-state index in [1.54, 1.807) is 16.9 Å². The van der Waals surface area contributed by atoms with Crippen LogP contribution in [0.15, 0.2) is 41.1 Å². The van der Waals surface area contributed by atoms with Gasteiger partial charge in [0.2, 0.25) is 5.91 Å². The quantitative estimate of drug-likeness (QED) is 0.643. The van der Waals surface area contributed by atoms with Crippen LogP contribution in [0.3, 0.4) is 0 Å². The number of hydrogen-bond acceptors (Lipinski definition) is 5. The van der Waals surface area contributed by atoms with E-state index in [-0.39, 0.29) is 36.2 Å². The summed E-state index contributed by atoms with van der Waals surface area (Å²) >= 11 is 0. The highest BCUT2D eigenvalue weighted by atomic mass is 16.5. The summed E-state index contributed by atoms with van der Waals surface area (Å²) in [6.07, 6.45) is 4.59. The van der Waals surface area contributed by atoms with Crippen molar-refractivity contribution in [2.75, 3.05) is 13.1 Å². The second-order valence-corrected chi connectivity index (χ2v) is 9.53. The standard InChI is InChI=1S/C24H29N5O3/c1-15(2)9-19-10-20(27-32-19)24(31)26-23-17-7-8-18(23)13-28(12-17)22(30)14-29-21-6-4-3-5-16(21)11-25-29/h3-6,10-11,15,17-18,23H,7-9,12-14H2,1-2H3,(H,26,31)/t17-,18+,23?. The number of nitrogens with one attached hydrogen (secondary N) is 1. The number of carbonyl (C=O) groups is 2. The zero-order valence-electron chi connectivity index (χ0n) is 18.5. The van der Waals surface area contributed by atoms with Crippen LogP contribution in [0.5, 0.6) is 0 Å². The average molecular weight is 436 g/mol. The van der Waals surface area contributed by atoms with E-state index in [4.69, 9.17) is 4.52 Å². The van der Waals surface area contributed by atoms with Crippen molar-refractivity contribution in [3.63, 3.8) is 0 Å². The summed E-state index contributed by atoms with van der Waals surface area (Å²) in [4.78, 5) is 27.7. The summed E-state index contributed by atoms with van der Waals surface area (Å²) < 4.78 is 7.08. The Morgan fingerprint density at radius 1 is 1.19 bits per heavy atom. The third-order valence-corrected chi connectivity index (χ3v) is 6.72. The molecule has 2 fully saturated rings. The van der Waals surface area contributed by atoms with Crippen molar-refractivity contribution in [1.29, 1.82) is 0 Å². The SMILES string of the molecule is CC(C)Cc1cc(C(=O)NC2[C@@H]3CC[C@H]2CN(C(=O)Cn2ncc4ccccc42)C3)no1. The van der Waals surface area contributed by atoms with Crippen LogP contribution in [0, 0.1) is 17.8 Å². The summed E-state index contributed by atoms with van der Waals surface area (Å²) in [6.45, 7) is 5.77. The third kappa shape index (κ3) is 4.01. The predicted molar refractivity (Wildman–Crippen MR) is 119 cm³/mol. The Morgan fingerprint density at radius 2 is 1.94 bits per heavy atom. The first-order valence-corrected chi connectivity index (χ1v) is 11.4. The van der Waals surface area contributed by atoms with E-state index >= 15 is 0 Å². The summed E-state index contributed by atoms with van der Waals surface area (Å²) in [6, 6.07) is 9.72. The van der Waals surface area contributed by atoms with Crippen LogP contribution in [-0.4, -0.2) is 50.8 Å². The van der Waals surface area contributed by atoms with Crippen molar-refractivity contribution in [1.82, 2.24) is 25.2 Å². The zero-order chi connectivity index (χ0) is 22.2. The Bertz CT molecular complexity index is 1120. The molecule has 0 spiro atoms. The minimum absolute atomic E-state index is 0.0716. The van der Waals surface area contributed by atoms with E-state index in [0.717, 1.165) is 35.9 Å². The molecule has 1 saturated heterocycles. The van der Waals surface area contributed by atoms with Crippen LogP contribution in [0.25, 0.3) is 10.9 Å². The van der Waals surface area contributed by atoms with E-state index in [2.05, 4.69) is 29.4 Å². The first-order chi connectivity index (χ1) is 15.5. The summed E-state index contributed by atoms with van der Waals surface area (Å²) in [5.74, 6) is 1.59. The molecule has 8 heteroatoms. The molecule has 2 aromatic heterocycles. The first-order valence-electron chi connectivity index (χ1n) is 11.4. The van der Waals surface area contributed by atoms with Crippen molar-refractivity contribution in [3.05, 3.63) is 48.0 Å². The van der Waals surface area contributed by atoms with Crippen LogP contribution in [0.1, 0.15) is 42.9 Å². The molecule has 3 atom stereocenters. The number of rotatable bonds is 6. The van der Waals surface area contributed by atoms with Gasteiger partial charge in [0.15, 0.2) is 5.69 Å². The minimum atomic E-state index is -0.187. The molecule has 1 unspecified atom stereocenters. The maximum Gasteiger partial charge on any atom is 0.273 e. The van der Waals surface area contributed by atoms with Crippen LogP contribution in [-0.2, 0) is 17.8 Å². The lowest BCUT2D eigenvalue weighted by Gasteiger charge is -2.38. The number of amides is 2. The van der Waals surface area contributed by atoms with Crippen molar-refractivity contribution in [2.24, 2.45) is 17.8 Å². The van der Waals surface area contributed by atoms with Gasteiger partial charge >= 0.3 is 0 Å². The molecule has 2 amide bonds. The maximum absolute atomic E-state index is 13.0. The lowest BCUT2D eigenvalue weighted by molar-refractivity contribution is -0.134. The highest BCUT2D eigenvalue weighted by molar-refractivity contribution is 5.92. The third-order valence-electron chi connectivity index (χ3n) is 6.72. The van der Waals surface area contributed by atoms with Gasteiger partial charge in [-0.05, 0) is 36.7 Å². The Kier molecular flexibility index (Phi) is 5.45. The maximum atomic E-state index is 13.0. The Morgan fingerprint density at radius 3 is 2.69 bits per heavy atom. The van der Waals surface area contributed by atoms with Gasteiger partial charge in [0.25, 0.3) is 5.91 Å². The number of carbonyl (C=O) groups excluding carboxylic acids is 2. The molecule has 1 aliphatic carbocycles. The van der Waals surface area contributed by atoms with Gasteiger partial charge in [-0.3, -0.25) is 14.3 Å². The van der Waals surface area contributed by atoms with E-state index in [9.17, 15) is 9.59 Å². The molecule has 1 aliphatic heterocycles. The Balaban J connectivity index is 1.21. The smallest absolute Gasteiger partial charge is 0.273 e. The Labute approximate surface area is 186 Å². The number of likely N-dealkylation sites (tertiary alicyclic amines) is 1. The van der Waals surface area contributed by atoms with Crippen molar-refractivity contribution < 1.29 is 14.1 Å². The molecule has 3 aromatic rings. The fourth-order valence-corrected chi connectivity index (χ4v) is 5.19. The number of nitrogens with zero attached hydrogens (tertiary/aromatic N) is 4. The lowest BCUT2D eigenvalue weighted by atomic mass is 9.92. The Hall–Kier alpha value is -3.16. The molecule has 5 rings (SSSR count). The van der Waals surface area contributed by atoms with Crippen LogP contribution in [0.2, 0.25) is 0 Å².